The lowest BCUT2D eigenvalue weighted by atomic mass is 9.93. The van der Waals surface area contributed by atoms with Crippen molar-refractivity contribution in [3.63, 3.8) is 0 Å². The highest BCUT2D eigenvalue weighted by atomic mass is 16.5. The van der Waals surface area contributed by atoms with Crippen molar-refractivity contribution in [2.75, 3.05) is 19.8 Å². The van der Waals surface area contributed by atoms with E-state index in [0.29, 0.717) is 13.2 Å². The first kappa shape index (κ1) is 15.5. The Balaban J connectivity index is 1.66. The minimum atomic E-state index is -0.0295. The van der Waals surface area contributed by atoms with Crippen molar-refractivity contribution in [3.8, 4) is 0 Å². The van der Waals surface area contributed by atoms with E-state index in [1.165, 1.54) is 5.56 Å². The first-order valence-corrected chi connectivity index (χ1v) is 8.30. The lowest BCUT2D eigenvalue weighted by molar-refractivity contribution is -0.131. The summed E-state index contributed by atoms with van der Waals surface area (Å²) in [7, 11) is 0. The Morgan fingerprint density at radius 2 is 1.82 bits per heavy atom. The summed E-state index contributed by atoms with van der Waals surface area (Å²) in [5.41, 5.74) is 2.39. The number of aryl methyl sites for hydroxylation is 1. The predicted octanol–water partition coefficient (Wildman–Crippen LogP) is 2.76. The van der Waals surface area contributed by atoms with Crippen LogP contribution in [0.15, 0.2) is 24.3 Å². The molecule has 2 fully saturated rings. The first-order chi connectivity index (χ1) is 10.7. The summed E-state index contributed by atoms with van der Waals surface area (Å²) in [6, 6.07) is 8.50. The summed E-state index contributed by atoms with van der Waals surface area (Å²) in [5, 5.41) is 3.23. The highest BCUT2D eigenvalue weighted by Crippen LogP contribution is 2.29. The van der Waals surface area contributed by atoms with Gasteiger partial charge in [-0.3, -0.25) is 4.79 Å². The second kappa shape index (κ2) is 7.25. The third-order valence-corrected chi connectivity index (χ3v) is 4.65. The SMILES string of the molecule is Cc1ccc([C@@H]2OCCC[C@@H]2NC(=O)C2CCOCC2)cc1. The molecule has 2 atom stereocenters. The molecule has 1 N–H and O–H groups in total. The third kappa shape index (κ3) is 3.68. The molecule has 3 rings (SSSR count). The Morgan fingerprint density at radius 3 is 2.55 bits per heavy atom. The number of hydrogen-bond donors (Lipinski definition) is 1. The summed E-state index contributed by atoms with van der Waals surface area (Å²) in [6.07, 6.45) is 3.61. The molecular weight excluding hydrogens is 278 g/mol. The molecule has 2 aliphatic heterocycles. The molecule has 1 aromatic rings. The van der Waals surface area contributed by atoms with Crippen molar-refractivity contribution >= 4 is 5.91 Å². The zero-order chi connectivity index (χ0) is 15.4. The van der Waals surface area contributed by atoms with Gasteiger partial charge in [0.1, 0.15) is 6.10 Å². The highest BCUT2D eigenvalue weighted by molar-refractivity contribution is 5.79. The van der Waals surface area contributed by atoms with Crippen molar-refractivity contribution in [2.45, 2.75) is 44.8 Å². The topological polar surface area (TPSA) is 47.6 Å². The molecule has 2 heterocycles. The molecule has 0 unspecified atom stereocenters. The van der Waals surface area contributed by atoms with Crippen LogP contribution in [-0.4, -0.2) is 31.8 Å². The summed E-state index contributed by atoms with van der Waals surface area (Å²) >= 11 is 0. The van der Waals surface area contributed by atoms with Gasteiger partial charge < -0.3 is 14.8 Å². The van der Waals surface area contributed by atoms with Crippen molar-refractivity contribution in [2.24, 2.45) is 5.92 Å². The van der Waals surface area contributed by atoms with E-state index in [-0.39, 0.29) is 24.0 Å². The van der Waals surface area contributed by atoms with Gasteiger partial charge in [0.2, 0.25) is 5.91 Å². The van der Waals surface area contributed by atoms with Crippen LogP contribution in [-0.2, 0) is 14.3 Å². The maximum absolute atomic E-state index is 12.5. The maximum atomic E-state index is 12.5. The van der Waals surface area contributed by atoms with Crippen LogP contribution in [0, 0.1) is 12.8 Å². The van der Waals surface area contributed by atoms with Gasteiger partial charge in [-0.05, 0) is 38.2 Å². The average molecular weight is 303 g/mol. The fourth-order valence-corrected chi connectivity index (χ4v) is 3.27. The number of carbonyl (C=O) groups is 1. The van der Waals surface area contributed by atoms with Gasteiger partial charge in [-0.1, -0.05) is 29.8 Å². The Kier molecular flexibility index (Phi) is 5.11. The average Bonchev–Trinajstić information content (AvgIpc) is 2.57. The Morgan fingerprint density at radius 1 is 1.09 bits per heavy atom. The lowest BCUT2D eigenvalue weighted by Gasteiger charge is -2.34. The summed E-state index contributed by atoms with van der Waals surface area (Å²) < 4.78 is 11.3. The molecule has 0 radical (unpaired) electrons. The second-order valence-corrected chi connectivity index (χ2v) is 6.35. The number of ether oxygens (including phenoxy) is 2. The molecule has 4 heteroatoms. The smallest absolute Gasteiger partial charge is 0.223 e. The molecular formula is C18H25NO3. The van der Waals surface area contributed by atoms with Gasteiger partial charge in [0.15, 0.2) is 0 Å². The number of carbonyl (C=O) groups excluding carboxylic acids is 1. The van der Waals surface area contributed by atoms with E-state index >= 15 is 0 Å². The molecule has 1 amide bonds. The number of nitrogens with one attached hydrogen (secondary N) is 1. The maximum Gasteiger partial charge on any atom is 0.223 e. The monoisotopic (exact) mass is 303 g/mol. The predicted molar refractivity (Wildman–Crippen MR) is 84.6 cm³/mol. The van der Waals surface area contributed by atoms with Gasteiger partial charge in [0, 0.05) is 25.7 Å². The van der Waals surface area contributed by atoms with Crippen LogP contribution in [0.2, 0.25) is 0 Å². The minimum Gasteiger partial charge on any atom is -0.381 e. The van der Waals surface area contributed by atoms with Gasteiger partial charge >= 0.3 is 0 Å². The molecule has 0 aromatic heterocycles. The molecule has 1 aromatic carbocycles. The number of rotatable bonds is 3. The Bertz CT molecular complexity index is 494. The van der Waals surface area contributed by atoms with Crippen molar-refractivity contribution in [1.82, 2.24) is 5.32 Å². The summed E-state index contributed by atoms with van der Waals surface area (Å²) in [5.74, 6) is 0.255. The zero-order valence-electron chi connectivity index (χ0n) is 13.2. The van der Waals surface area contributed by atoms with Gasteiger partial charge in [0.05, 0.1) is 6.04 Å². The zero-order valence-corrected chi connectivity index (χ0v) is 13.2. The Labute approximate surface area is 132 Å². The van der Waals surface area contributed by atoms with E-state index in [0.717, 1.165) is 37.9 Å². The van der Waals surface area contributed by atoms with E-state index in [1.807, 2.05) is 0 Å². The van der Waals surface area contributed by atoms with Crippen molar-refractivity contribution in [1.29, 1.82) is 0 Å². The fourth-order valence-electron chi connectivity index (χ4n) is 3.27. The molecule has 22 heavy (non-hydrogen) atoms. The van der Waals surface area contributed by atoms with Gasteiger partial charge in [0.25, 0.3) is 0 Å². The highest BCUT2D eigenvalue weighted by Gasteiger charge is 2.31. The van der Waals surface area contributed by atoms with Crippen molar-refractivity contribution < 1.29 is 14.3 Å². The van der Waals surface area contributed by atoms with E-state index in [4.69, 9.17) is 9.47 Å². The minimum absolute atomic E-state index is 0.0295. The van der Waals surface area contributed by atoms with E-state index < -0.39 is 0 Å². The molecule has 0 spiro atoms. The van der Waals surface area contributed by atoms with Crippen LogP contribution < -0.4 is 5.32 Å². The van der Waals surface area contributed by atoms with Crippen molar-refractivity contribution in [3.05, 3.63) is 35.4 Å². The fraction of sp³-hybridized carbons (Fsp3) is 0.611. The quantitative estimate of drug-likeness (QED) is 0.934. The van der Waals surface area contributed by atoms with Gasteiger partial charge in [-0.25, -0.2) is 0 Å². The molecule has 0 bridgehead atoms. The van der Waals surface area contributed by atoms with Crippen LogP contribution >= 0.6 is 0 Å². The standard InChI is InChI=1S/C18H25NO3/c1-13-4-6-14(7-5-13)17-16(3-2-10-22-17)19-18(20)15-8-11-21-12-9-15/h4-7,15-17H,2-3,8-12H2,1H3,(H,19,20)/t16-,17-/m0/s1. The largest absolute Gasteiger partial charge is 0.381 e. The molecule has 120 valence electrons. The second-order valence-electron chi connectivity index (χ2n) is 6.35. The molecule has 2 aliphatic rings. The van der Waals surface area contributed by atoms with Crippen LogP contribution in [0.1, 0.15) is 42.9 Å². The molecule has 0 saturated carbocycles. The van der Waals surface area contributed by atoms with E-state index in [9.17, 15) is 4.79 Å². The molecule has 0 aliphatic carbocycles. The number of benzene rings is 1. The summed E-state index contributed by atoms with van der Waals surface area (Å²) in [4.78, 5) is 12.5. The van der Waals surface area contributed by atoms with Crippen LogP contribution in [0.3, 0.4) is 0 Å². The third-order valence-electron chi connectivity index (χ3n) is 4.65. The van der Waals surface area contributed by atoms with Gasteiger partial charge in [-0.2, -0.15) is 0 Å². The normalized spacial score (nSPS) is 26.6. The number of hydrogen-bond acceptors (Lipinski definition) is 3. The van der Waals surface area contributed by atoms with Crippen LogP contribution in [0.25, 0.3) is 0 Å². The first-order valence-electron chi connectivity index (χ1n) is 8.30. The van der Waals surface area contributed by atoms with E-state index in [1.54, 1.807) is 0 Å². The molecule has 4 nitrogen and oxygen atoms in total. The Hall–Kier alpha value is -1.39. The lowest BCUT2D eigenvalue weighted by Crippen LogP contribution is -2.46. The molecule has 2 saturated heterocycles. The van der Waals surface area contributed by atoms with Crippen LogP contribution in [0.4, 0.5) is 0 Å². The summed E-state index contributed by atoms with van der Waals surface area (Å²) in [6.45, 7) is 4.24. The van der Waals surface area contributed by atoms with Crippen LogP contribution in [0.5, 0.6) is 0 Å². The number of amides is 1. The van der Waals surface area contributed by atoms with E-state index in [2.05, 4.69) is 36.5 Å². The van der Waals surface area contributed by atoms with Gasteiger partial charge in [-0.15, -0.1) is 0 Å².